The van der Waals surface area contributed by atoms with Gasteiger partial charge in [0.2, 0.25) is 5.78 Å². The third kappa shape index (κ3) is 2.96. The van der Waals surface area contributed by atoms with Crippen molar-refractivity contribution < 1.29 is 19.4 Å². The van der Waals surface area contributed by atoms with Gasteiger partial charge in [-0.25, -0.2) is 0 Å². The number of ether oxygens (including phenoxy) is 2. The van der Waals surface area contributed by atoms with Gasteiger partial charge in [-0.05, 0) is 30.2 Å². The van der Waals surface area contributed by atoms with E-state index >= 15 is 0 Å². The molecular formula is C19H20N2O4. The summed E-state index contributed by atoms with van der Waals surface area (Å²) in [7, 11) is 2.97. The molecule has 0 aliphatic heterocycles. The number of aliphatic hydroxyl groups excluding tert-OH is 1. The van der Waals surface area contributed by atoms with E-state index in [9.17, 15) is 9.90 Å². The number of aryl methyl sites for hydroxylation is 1. The monoisotopic (exact) mass is 340 g/mol. The van der Waals surface area contributed by atoms with Gasteiger partial charge in [-0.1, -0.05) is 19.1 Å². The number of carbonyl (C=O) groups excluding carboxylic acids is 1. The van der Waals surface area contributed by atoms with Gasteiger partial charge in [-0.3, -0.25) is 9.89 Å². The Kier molecular flexibility index (Phi) is 4.72. The molecule has 0 fully saturated rings. The molecule has 0 bridgehead atoms. The molecule has 0 radical (unpaired) electrons. The number of aromatic nitrogens is 2. The molecule has 0 saturated heterocycles. The predicted molar refractivity (Wildman–Crippen MR) is 94.4 cm³/mol. The Morgan fingerprint density at radius 2 is 1.84 bits per heavy atom. The molecule has 0 aliphatic rings. The van der Waals surface area contributed by atoms with E-state index in [0.29, 0.717) is 28.3 Å². The Labute approximate surface area is 145 Å². The lowest BCUT2D eigenvalue weighted by Crippen LogP contribution is -2.06. The number of fused-ring (bicyclic) bond motifs is 1. The Bertz CT molecular complexity index is 905. The normalized spacial score (nSPS) is 10.9. The van der Waals surface area contributed by atoms with Gasteiger partial charge in [0.05, 0.1) is 31.9 Å². The highest BCUT2D eigenvalue weighted by Crippen LogP contribution is 2.32. The van der Waals surface area contributed by atoms with E-state index in [4.69, 9.17) is 9.47 Å². The Hall–Kier alpha value is -2.86. The number of H-pyrrole nitrogens is 1. The summed E-state index contributed by atoms with van der Waals surface area (Å²) in [4.78, 5) is 13.0. The Morgan fingerprint density at radius 3 is 2.40 bits per heavy atom. The van der Waals surface area contributed by atoms with Crippen LogP contribution in [0.25, 0.3) is 10.9 Å². The van der Waals surface area contributed by atoms with Crippen molar-refractivity contribution >= 4 is 16.7 Å². The summed E-state index contributed by atoms with van der Waals surface area (Å²) >= 11 is 0. The molecule has 130 valence electrons. The largest absolute Gasteiger partial charge is 0.496 e. The number of carbonyl (C=O) groups is 1. The minimum atomic E-state index is -0.244. The molecule has 0 spiro atoms. The fourth-order valence-corrected chi connectivity index (χ4v) is 2.87. The van der Waals surface area contributed by atoms with E-state index in [1.165, 1.54) is 19.8 Å². The molecule has 0 atom stereocenters. The summed E-state index contributed by atoms with van der Waals surface area (Å²) in [6.45, 7) is 1.83. The van der Waals surface area contributed by atoms with Gasteiger partial charge < -0.3 is 14.6 Å². The number of rotatable bonds is 6. The number of methoxy groups -OCH3 is 2. The van der Waals surface area contributed by atoms with E-state index in [1.807, 2.05) is 18.2 Å². The highest BCUT2D eigenvalue weighted by molar-refractivity contribution is 6.15. The molecular weight excluding hydrogens is 320 g/mol. The first-order chi connectivity index (χ1) is 12.1. The molecule has 2 N–H and O–H groups in total. The van der Waals surface area contributed by atoms with Crippen LogP contribution in [-0.4, -0.2) is 35.3 Å². The first kappa shape index (κ1) is 17.0. The van der Waals surface area contributed by atoms with E-state index < -0.39 is 0 Å². The standard InChI is InChI=1S/C19H20N2O4/c1-4-11-5-6-13-15(7-11)20-21-18(13)19(23)12-8-16(24-2)14(10-22)17(9-12)25-3/h5-9,22H,4,10H2,1-3H3,(H,20,21). The van der Waals surface area contributed by atoms with Crippen molar-refractivity contribution in [2.24, 2.45) is 0 Å². The summed E-state index contributed by atoms with van der Waals surface area (Å²) < 4.78 is 10.6. The lowest BCUT2D eigenvalue weighted by molar-refractivity contribution is 0.103. The molecule has 6 heteroatoms. The number of nitrogens with one attached hydrogen (secondary N) is 1. The quantitative estimate of drug-likeness (QED) is 0.674. The van der Waals surface area contributed by atoms with Gasteiger partial charge in [-0.2, -0.15) is 5.10 Å². The SMILES string of the molecule is CCc1ccc2c(C(=O)c3cc(OC)c(CO)c(OC)c3)n[nH]c2c1. The van der Waals surface area contributed by atoms with Crippen molar-refractivity contribution in [2.45, 2.75) is 20.0 Å². The van der Waals surface area contributed by atoms with Gasteiger partial charge >= 0.3 is 0 Å². The molecule has 25 heavy (non-hydrogen) atoms. The average Bonchev–Trinajstić information content (AvgIpc) is 3.08. The van der Waals surface area contributed by atoms with Gasteiger partial charge in [-0.15, -0.1) is 0 Å². The molecule has 2 aromatic carbocycles. The fraction of sp³-hybridized carbons (Fsp3) is 0.263. The van der Waals surface area contributed by atoms with Crippen molar-refractivity contribution in [3.63, 3.8) is 0 Å². The first-order valence-electron chi connectivity index (χ1n) is 8.00. The second-order valence-corrected chi connectivity index (χ2v) is 5.65. The van der Waals surface area contributed by atoms with E-state index in [0.717, 1.165) is 17.3 Å². The topological polar surface area (TPSA) is 84.4 Å². The molecule has 1 aromatic heterocycles. The third-order valence-corrected chi connectivity index (χ3v) is 4.28. The van der Waals surface area contributed by atoms with Crippen LogP contribution in [-0.2, 0) is 13.0 Å². The zero-order valence-electron chi connectivity index (χ0n) is 14.4. The zero-order valence-corrected chi connectivity index (χ0v) is 14.4. The Morgan fingerprint density at radius 1 is 1.16 bits per heavy atom. The average molecular weight is 340 g/mol. The molecule has 3 rings (SSSR count). The second-order valence-electron chi connectivity index (χ2n) is 5.65. The molecule has 0 aliphatic carbocycles. The smallest absolute Gasteiger partial charge is 0.214 e. The van der Waals surface area contributed by atoms with Crippen LogP contribution in [0.5, 0.6) is 11.5 Å². The van der Waals surface area contributed by atoms with Crippen molar-refractivity contribution in [1.82, 2.24) is 10.2 Å². The molecule has 0 unspecified atom stereocenters. The second kappa shape index (κ2) is 6.94. The number of nitrogens with zero attached hydrogens (tertiary/aromatic N) is 1. The van der Waals surface area contributed by atoms with E-state index in [1.54, 1.807) is 12.1 Å². The summed E-state index contributed by atoms with van der Waals surface area (Å²) in [5.74, 6) is 0.563. The number of hydrogen-bond donors (Lipinski definition) is 2. The minimum absolute atomic E-state index is 0.239. The van der Waals surface area contributed by atoms with Crippen molar-refractivity contribution in [3.05, 3.63) is 52.7 Å². The number of benzene rings is 2. The maximum atomic E-state index is 13.0. The fourth-order valence-electron chi connectivity index (χ4n) is 2.87. The number of ketones is 1. The summed E-state index contributed by atoms with van der Waals surface area (Å²) in [6.07, 6.45) is 0.912. The molecule has 6 nitrogen and oxygen atoms in total. The number of hydrogen-bond acceptors (Lipinski definition) is 5. The summed E-state index contributed by atoms with van der Waals surface area (Å²) in [5, 5.41) is 17.4. The predicted octanol–water partition coefficient (Wildman–Crippen LogP) is 2.87. The number of aliphatic hydroxyl groups is 1. The van der Waals surface area contributed by atoms with Crippen LogP contribution < -0.4 is 9.47 Å². The Balaban J connectivity index is 2.09. The van der Waals surface area contributed by atoms with E-state index in [-0.39, 0.29) is 12.4 Å². The maximum absolute atomic E-state index is 13.0. The van der Waals surface area contributed by atoms with Crippen molar-refractivity contribution in [1.29, 1.82) is 0 Å². The van der Waals surface area contributed by atoms with Gasteiger partial charge in [0.15, 0.2) is 0 Å². The van der Waals surface area contributed by atoms with Crippen LogP contribution in [0.15, 0.2) is 30.3 Å². The van der Waals surface area contributed by atoms with Gasteiger partial charge in [0, 0.05) is 10.9 Å². The molecule has 3 aromatic rings. The van der Waals surface area contributed by atoms with Gasteiger partial charge in [0.25, 0.3) is 0 Å². The van der Waals surface area contributed by atoms with Crippen LogP contribution in [0.3, 0.4) is 0 Å². The summed E-state index contributed by atoms with van der Waals surface area (Å²) in [6, 6.07) is 9.08. The van der Waals surface area contributed by atoms with Crippen molar-refractivity contribution in [3.8, 4) is 11.5 Å². The lowest BCUT2D eigenvalue weighted by atomic mass is 10.0. The van der Waals surface area contributed by atoms with Crippen molar-refractivity contribution in [2.75, 3.05) is 14.2 Å². The minimum Gasteiger partial charge on any atom is -0.496 e. The first-order valence-corrected chi connectivity index (χ1v) is 8.00. The molecule has 1 heterocycles. The number of aromatic amines is 1. The highest BCUT2D eigenvalue weighted by Gasteiger charge is 2.20. The highest BCUT2D eigenvalue weighted by atomic mass is 16.5. The summed E-state index contributed by atoms with van der Waals surface area (Å²) in [5.41, 5.74) is 3.23. The van der Waals surface area contributed by atoms with Crippen LogP contribution in [0, 0.1) is 0 Å². The molecule has 0 amide bonds. The zero-order chi connectivity index (χ0) is 18.0. The maximum Gasteiger partial charge on any atom is 0.214 e. The van der Waals surface area contributed by atoms with Crippen LogP contribution in [0.2, 0.25) is 0 Å². The third-order valence-electron chi connectivity index (χ3n) is 4.28. The van der Waals surface area contributed by atoms with Crippen LogP contribution in [0.1, 0.15) is 34.1 Å². The molecule has 0 saturated carbocycles. The van der Waals surface area contributed by atoms with Crippen LogP contribution in [0.4, 0.5) is 0 Å². The van der Waals surface area contributed by atoms with Gasteiger partial charge in [0.1, 0.15) is 17.2 Å². The van der Waals surface area contributed by atoms with Crippen LogP contribution >= 0.6 is 0 Å². The lowest BCUT2D eigenvalue weighted by Gasteiger charge is -2.13. The van der Waals surface area contributed by atoms with E-state index in [2.05, 4.69) is 17.1 Å².